The molecule has 0 aliphatic rings. The van der Waals surface area contributed by atoms with Gasteiger partial charge in [0.1, 0.15) is 0 Å². The monoisotopic (exact) mass is 370 g/mol. The van der Waals surface area contributed by atoms with Crippen molar-refractivity contribution in [3.8, 4) is 0 Å². The zero-order chi connectivity index (χ0) is 18.6. The standard InChI is InChI=1S/C18H21F3N2OS/c1-11(2)7-16(13-5-4-6-14(8-13)18(19,20)21)23-17(24)9-15-10-25-12(3)22-15/h4-6,8,10-11,16H,7,9H2,1-3H3,(H,23,24). The smallest absolute Gasteiger partial charge is 0.349 e. The second-order valence-corrected chi connectivity index (χ2v) is 7.47. The van der Waals surface area contributed by atoms with Gasteiger partial charge in [0.15, 0.2) is 0 Å². The summed E-state index contributed by atoms with van der Waals surface area (Å²) >= 11 is 1.46. The Bertz CT molecular complexity index is 725. The molecule has 136 valence electrons. The lowest BCUT2D eigenvalue weighted by atomic mass is 9.95. The largest absolute Gasteiger partial charge is 0.416 e. The predicted octanol–water partition coefficient (Wildman–Crippen LogP) is 4.92. The molecule has 1 atom stereocenters. The van der Waals surface area contributed by atoms with Crippen LogP contribution in [0.25, 0.3) is 0 Å². The Morgan fingerprint density at radius 2 is 2.04 bits per heavy atom. The number of alkyl halides is 3. The Morgan fingerprint density at radius 3 is 2.60 bits per heavy atom. The van der Waals surface area contributed by atoms with E-state index in [1.165, 1.54) is 17.4 Å². The number of carbonyl (C=O) groups is 1. The highest BCUT2D eigenvalue weighted by Crippen LogP contribution is 2.32. The van der Waals surface area contributed by atoms with E-state index in [4.69, 9.17) is 0 Å². The van der Waals surface area contributed by atoms with Crippen LogP contribution in [0.15, 0.2) is 29.6 Å². The summed E-state index contributed by atoms with van der Waals surface area (Å²) in [7, 11) is 0. The summed E-state index contributed by atoms with van der Waals surface area (Å²) in [6, 6.07) is 4.68. The van der Waals surface area contributed by atoms with E-state index >= 15 is 0 Å². The van der Waals surface area contributed by atoms with E-state index in [1.807, 2.05) is 26.2 Å². The summed E-state index contributed by atoms with van der Waals surface area (Å²) in [5.74, 6) is -0.0188. The second kappa shape index (κ2) is 7.99. The normalized spacial score (nSPS) is 13.1. The van der Waals surface area contributed by atoms with Gasteiger partial charge in [-0.25, -0.2) is 4.98 Å². The number of carbonyl (C=O) groups excluding carboxylic acids is 1. The van der Waals surface area contributed by atoms with Gasteiger partial charge in [0, 0.05) is 5.38 Å². The number of amides is 1. The Morgan fingerprint density at radius 1 is 1.32 bits per heavy atom. The molecule has 1 aromatic carbocycles. The molecule has 0 radical (unpaired) electrons. The van der Waals surface area contributed by atoms with Crippen molar-refractivity contribution in [2.24, 2.45) is 5.92 Å². The van der Waals surface area contributed by atoms with Crippen LogP contribution < -0.4 is 5.32 Å². The van der Waals surface area contributed by atoms with E-state index in [0.29, 0.717) is 17.7 Å². The summed E-state index contributed by atoms with van der Waals surface area (Å²) in [6.07, 6.45) is -3.72. The third-order valence-electron chi connectivity index (χ3n) is 3.67. The predicted molar refractivity (Wildman–Crippen MR) is 92.3 cm³/mol. The van der Waals surface area contributed by atoms with Crippen molar-refractivity contribution in [3.63, 3.8) is 0 Å². The first-order valence-corrected chi connectivity index (χ1v) is 8.90. The van der Waals surface area contributed by atoms with Gasteiger partial charge in [0.25, 0.3) is 0 Å². The maximum absolute atomic E-state index is 13.0. The van der Waals surface area contributed by atoms with Gasteiger partial charge in [0.2, 0.25) is 5.91 Å². The molecule has 0 saturated heterocycles. The maximum atomic E-state index is 13.0. The molecule has 0 fully saturated rings. The molecule has 0 saturated carbocycles. The van der Waals surface area contributed by atoms with Gasteiger partial charge in [-0.3, -0.25) is 4.79 Å². The number of nitrogens with one attached hydrogen (secondary N) is 1. The molecule has 0 bridgehead atoms. The van der Waals surface area contributed by atoms with Crippen LogP contribution in [-0.4, -0.2) is 10.9 Å². The number of aromatic nitrogens is 1. The second-order valence-electron chi connectivity index (χ2n) is 6.41. The van der Waals surface area contributed by atoms with Gasteiger partial charge in [-0.05, 0) is 37.0 Å². The van der Waals surface area contributed by atoms with Crippen LogP contribution in [0.4, 0.5) is 13.2 Å². The zero-order valence-electron chi connectivity index (χ0n) is 14.4. The third-order valence-corrected chi connectivity index (χ3v) is 4.49. The van der Waals surface area contributed by atoms with E-state index in [9.17, 15) is 18.0 Å². The average Bonchev–Trinajstić information content (AvgIpc) is 2.90. The Labute approximate surface area is 149 Å². The number of benzene rings is 1. The molecule has 25 heavy (non-hydrogen) atoms. The van der Waals surface area contributed by atoms with Crippen LogP contribution in [0.2, 0.25) is 0 Å². The van der Waals surface area contributed by atoms with Gasteiger partial charge in [-0.15, -0.1) is 11.3 Å². The number of aryl methyl sites for hydroxylation is 1. The molecule has 0 aliphatic carbocycles. The van der Waals surface area contributed by atoms with Gasteiger partial charge in [0.05, 0.1) is 28.7 Å². The number of nitrogens with zero attached hydrogens (tertiary/aromatic N) is 1. The van der Waals surface area contributed by atoms with Gasteiger partial charge in [-0.2, -0.15) is 13.2 Å². The topological polar surface area (TPSA) is 42.0 Å². The van der Waals surface area contributed by atoms with E-state index < -0.39 is 17.8 Å². The van der Waals surface area contributed by atoms with E-state index in [-0.39, 0.29) is 18.2 Å². The first kappa shape index (κ1) is 19.4. The van der Waals surface area contributed by atoms with Crippen LogP contribution in [-0.2, 0) is 17.4 Å². The van der Waals surface area contributed by atoms with Crippen LogP contribution in [0, 0.1) is 12.8 Å². The summed E-state index contributed by atoms with van der Waals surface area (Å²) < 4.78 is 38.9. The number of hydrogen-bond acceptors (Lipinski definition) is 3. The zero-order valence-corrected chi connectivity index (χ0v) is 15.2. The lowest BCUT2D eigenvalue weighted by Crippen LogP contribution is -2.31. The highest BCUT2D eigenvalue weighted by Gasteiger charge is 2.31. The Balaban J connectivity index is 2.17. The Hall–Kier alpha value is -1.89. The first-order valence-electron chi connectivity index (χ1n) is 8.02. The highest BCUT2D eigenvalue weighted by atomic mass is 32.1. The fourth-order valence-electron chi connectivity index (χ4n) is 2.58. The number of thiazole rings is 1. The van der Waals surface area contributed by atoms with Crippen LogP contribution in [0.3, 0.4) is 0 Å². The minimum Gasteiger partial charge on any atom is -0.349 e. The van der Waals surface area contributed by atoms with Crippen molar-refractivity contribution in [2.45, 2.75) is 45.8 Å². The quantitative estimate of drug-likeness (QED) is 0.784. The van der Waals surface area contributed by atoms with Gasteiger partial charge < -0.3 is 5.32 Å². The molecule has 2 rings (SSSR count). The molecule has 0 spiro atoms. The molecule has 1 aromatic heterocycles. The van der Waals surface area contributed by atoms with Crippen LogP contribution in [0.5, 0.6) is 0 Å². The lowest BCUT2D eigenvalue weighted by Gasteiger charge is -2.22. The third kappa shape index (κ3) is 5.85. The lowest BCUT2D eigenvalue weighted by molar-refractivity contribution is -0.137. The minimum atomic E-state index is -4.40. The molecule has 0 aliphatic heterocycles. The van der Waals surface area contributed by atoms with Crippen LogP contribution >= 0.6 is 11.3 Å². The Kier molecular flexibility index (Phi) is 6.21. The van der Waals surface area contributed by atoms with Gasteiger partial charge >= 0.3 is 6.18 Å². The van der Waals surface area contributed by atoms with Crippen molar-refractivity contribution in [3.05, 3.63) is 51.5 Å². The van der Waals surface area contributed by atoms with Crippen molar-refractivity contribution in [1.29, 1.82) is 0 Å². The molecule has 7 heteroatoms. The molecular weight excluding hydrogens is 349 g/mol. The maximum Gasteiger partial charge on any atom is 0.416 e. The minimum absolute atomic E-state index is 0.123. The fraction of sp³-hybridized carbons (Fsp3) is 0.444. The summed E-state index contributed by atoms with van der Waals surface area (Å²) in [5, 5.41) is 5.55. The highest BCUT2D eigenvalue weighted by molar-refractivity contribution is 7.09. The summed E-state index contributed by atoms with van der Waals surface area (Å²) in [5.41, 5.74) is 0.432. The van der Waals surface area contributed by atoms with E-state index in [1.54, 1.807) is 6.07 Å². The number of halogens is 3. The summed E-state index contributed by atoms with van der Waals surface area (Å²) in [4.78, 5) is 16.5. The molecule has 3 nitrogen and oxygen atoms in total. The summed E-state index contributed by atoms with van der Waals surface area (Å²) in [6.45, 7) is 5.80. The van der Waals surface area contributed by atoms with Crippen LogP contribution in [0.1, 0.15) is 48.1 Å². The molecule has 1 amide bonds. The molecule has 1 heterocycles. The van der Waals surface area contributed by atoms with Gasteiger partial charge in [-0.1, -0.05) is 26.0 Å². The number of rotatable bonds is 6. The molecular formula is C18H21F3N2OS. The molecule has 1 N–H and O–H groups in total. The SMILES string of the molecule is Cc1nc(CC(=O)NC(CC(C)C)c2cccc(C(F)(F)F)c2)cs1. The van der Waals surface area contributed by atoms with Crippen molar-refractivity contribution >= 4 is 17.2 Å². The first-order chi connectivity index (χ1) is 11.6. The molecule has 1 unspecified atom stereocenters. The fourth-order valence-corrected chi connectivity index (χ4v) is 3.19. The van der Waals surface area contributed by atoms with Crippen molar-refractivity contribution in [2.75, 3.05) is 0 Å². The van der Waals surface area contributed by atoms with E-state index in [0.717, 1.165) is 17.1 Å². The van der Waals surface area contributed by atoms with E-state index in [2.05, 4.69) is 10.3 Å². The molecule has 2 aromatic rings. The van der Waals surface area contributed by atoms with Crippen molar-refractivity contribution in [1.82, 2.24) is 10.3 Å². The average molecular weight is 370 g/mol. The van der Waals surface area contributed by atoms with Crippen molar-refractivity contribution < 1.29 is 18.0 Å². The number of hydrogen-bond donors (Lipinski definition) is 1.